The van der Waals surface area contributed by atoms with E-state index in [2.05, 4.69) is 22.5 Å². The van der Waals surface area contributed by atoms with Gasteiger partial charge in [0, 0.05) is 24.3 Å². The van der Waals surface area contributed by atoms with Crippen LogP contribution in [-0.2, 0) is 11.2 Å². The summed E-state index contributed by atoms with van der Waals surface area (Å²) < 4.78 is 0. The van der Waals surface area contributed by atoms with Gasteiger partial charge < -0.3 is 16.0 Å². The Balaban J connectivity index is 2.08. The number of carbonyl (C=O) groups excluding carboxylic acids is 2. The first-order chi connectivity index (χ1) is 9.19. The van der Waals surface area contributed by atoms with Gasteiger partial charge in [-0.25, -0.2) is 4.79 Å². The number of fused-ring (bicyclic) bond motifs is 1. The van der Waals surface area contributed by atoms with E-state index in [9.17, 15) is 9.59 Å². The molecule has 1 aliphatic rings. The molecule has 0 atom stereocenters. The van der Waals surface area contributed by atoms with Crippen LogP contribution in [0.2, 0.25) is 0 Å². The molecule has 1 aromatic carbocycles. The van der Waals surface area contributed by atoms with E-state index in [1.807, 2.05) is 12.1 Å². The minimum atomic E-state index is -0.266. The van der Waals surface area contributed by atoms with Crippen LogP contribution in [0.15, 0.2) is 30.9 Å². The van der Waals surface area contributed by atoms with Gasteiger partial charge in [-0.1, -0.05) is 6.08 Å². The summed E-state index contributed by atoms with van der Waals surface area (Å²) in [5, 5.41) is 8.25. The Kier molecular flexibility index (Phi) is 4.18. The summed E-state index contributed by atoms with van der Waals surface area (Å²) in [5.41, 5.74) is 2.60. The third-order valence-electron chi connectivity index (χ3n) is 2.89. The average molecular weight is 259 g/mol. The fraction of sp³-hybridized carbons (Fsp3) is 0.286. The zero-order chi connectivity index (χ0) is 13.7. The zero-order valence-electron chi connectivity index (χ0n) is 10.7. The lowest BCUT2D eigenvalue weighted by molar-refractivity contribution is -0.116. The molecule has 0 aromatic heterocycles. The quantitative estimate of drug-likeness (QED) is 0.729. The van der Waals surface area contributed by atoms with Gasteiger partial charge in [0.15, 0.2) is 0 Å². The third kappa shape index (κ3) is 3.58. The van der Waals surface area contributed by atoms with Crippen LogP contribution in [0.1, 0.15) is 18.4 Å². The molecule has 0 bridgehead atoms. The van der Waals surface area contributed by atoms with Crippen LogP contribution in [0, 0.1) is 0 Å². The molecule has 0 saturated carbocycles. The van der Waals surface area contributed by atoms with E-state index in [0.29, 0.717) is 13.0 Å². The van der Waals surface area contributed by atoms with Crippen molar-refractivity contribution in [3.8, 4) is 0 Å². The Hall–Kier alpha value is -2.30. The molecule has 1 aliphatic heterocycles. The predicted molar refractivity (Wildman–Crippen MR) is 75.2 cm³/mol. The van der Waals surface area contributed by atoms with Gasteiger partial charge in [-0.2, -0.15) is 0 Å². The standard InChI is InChI=1S/C14H17N3O2/c1-2-8-15-14(19)16-11-6-7-12-10(9-11)4-3-5-13(18)17-12/h2,6-7,9H,1,3-5,8H2,(H,17,18)(H2,15,16,19). The number of anilines is 2. The number of rotatable bonds is 3. The molecule has 19 heavy (non-hydrogen) atoms. The summed E-state index contributed by atoms with van der Waals surface area (Å²) in [6, 6.07) is 5.23. The normalized spacial score (nSPS) is 13.8. The van der Waals surface area contributed by atoms with Gasteiger partial charge in [-0.3, -0.25) is 4.79 Å². The highest BCUT2D eigenvalue weighted by atomic mass is 16.2. The van der Waals surface area contributed by atoms with Gasteiger partial charge in [0.25, 0.3) is 0 Å². The smallest absolute Gasteiger partial charge is 0.319 e. The molecule has 0 unspecified atom stereocenters. The molecular formula is C14H17N3O2. The van der Waals surface area contributed by atoms with Gasteiger partial charge >= 0.3 is 6.03 Å². The van der Waals surface area contributed by atoms with Crippen molar-refractivity contribution in [2.45, 2.75) is 19.3 Å². The van der Waals surface area contributed by atoms with Crippen molar-refractivity contribution in [2.24, 2.45) is 0 Å². The Bertz CT molecular complexity index is 511. The third-order valence-corrected chi connectivity index (χ3v) is 2.89. The van der Waals surface area contributed by atoms with Gasteiger partial charge in [-0.05, 0) is 36.6 Å². The highest BCUT2D eigenvalue weighted by Crippen LogP contribution is 2.25. The second kappa shape index (κ2) is 6.04. The van der Waals surface area contributed by atoms with E-state index >= 15 is 0 Å². The van der Waals surface area contributed by atoms with Gasteiger partial charge in [0.05, 0.1) is 0 Å². The van der Waals surface area contributed by atoms with Gasteiger partial charge in [0.2, 0.25) is 5.91 Å². The van der Waals surface area contributed by atoms with Crippen molar-refractivity contribution in [2.75, 3.05) is 17.2 Å². The molecule has 3 N–H and O–H groups in total. The van der Waals surface area contributed by atoms with E-state index in [4.69, 9.17) is 0 Å². The highest BCUT2D eigenvalue weighted by Gasteiger charge is 2.13. The molecule has 0 fully saturated rings. The monoisotopic (exact) mass is 259 g/mol. The maximum absolute atomic E-state index is 11.5. The Morgan fingerprint density at radius 3 is 3.05 bits per heavy atom. The van der Waals surface area contributed by atoms with Crippen molar-refractivity contribution < 1.29 is 9.59 Å². The van der Waals surface area contributed by atoms with E-state index in [-0.39, 0.29) is 11.9 Å². The Morgan fingerprint density at radius 2 is 2.26 bits per heavy atom. The number of hydrogen-bond donors (Lipinski definition) is 3. The zero-order valence-corrected chi connectivity index (χ0v) is 10.7. The summed E-state index contributed by atoms with van der Waals surface area (Å²) in [5.74, 6) is 0.0446. The largest absolute Gasteiger partial charge is 0.334 e. The van der Waals surface area contributed by atoms with Crippen LogP contribution in [0.5, 0.6) is 0 Å². The predicted octanol–water partition coefficient (Wildman–Crippen LogP) is 2.27. The number of nitrogens with one attached hydrogen (secondary N) is 3. The lowest BCUT2D eigenvalue weighted by atomic mass is 10.1. The molecule has 5 heteroatoms. The van der Waals surface area contributed by atoms with Crippen molar-refractivity contribution in [1.82, 2.24) is 5.32 Å². The summed E-state index contributed by atoms with van der Waals surface area (Å²) in [6.07, 6.45) is 3.81. The van der Waals surface area contributed by atoms with Crippen LogP contribution in [0.25, 0.3) is 0 Å². The van der Waals surface area contributed by atoms with E-state index in [0.717, 1.165) is 29.8 Å². The maximum atomic E-state index is 11.5. The molecule has 3 amide bonds. The van der Waals surface area contributed by atoms with Crippen LogP contribution in [-0.4, -0.2) is 18.5 Å². The number of benzene rings is 1. The lowest BCUT2D eigenvalue weighted by Gasteiger charge is -2.10. The van der Waals surface area contributed by atoms with Crippen molar-refractivity contribution >= 4 is 23.3 Å². The van der Waals surface area contributed by atoms with Crippen LogP contribution in [0.3, 0.4) is 0 Å². The highest BCUT2D eigenvalue weighted by molar-refractivity contribution is 5.94. The maximum Gasteiger partial charge on any atom is 0.319 e. The van der Waals surface area contributed by atoms with Crippen molar-refractivity contribution in [3.63, 3.8) is 0 Å². The molecule has 5 nitrogen and oxygen atoms in total. The Morgan fingerprint density at radius 1 is 1.42 bits per heavy atom. The summed E-state index contributed by atoms with van der Waals surface area (Å²) in [7, 11) is 0. The number of hydrogen-bond acceptors (Lipinski definition) is 2. The molecule has 2 rings (SSSR count). The minimum absolute atomic E-state index is 0.0446. The number of urea groups is 1. The second-order valence-corrected chi connectivity index (χ2v) is 4.40. The van der Waals surface area contributed by atoms with Crippen molar-refractivity contribution in [1.29, 1.82) is 0 Å². The van der Waals surface area contributed by atoms with Crippen LogP contribution < -0.4 is 16.0 Å². The van der Waals surface area contributed by atoms with Crippen LogP contribution >= 0.6 is 0 Å². The lowest BCUT2D eigenvalue weighted by Crippen LogP contribution is -2.28. The number of amides is 3. The number of carbonyl (C=O) groups is 2. The van der Waals surface area contributed by atoms with Gasteiger partial charge in [0.1, 0.15) is 0 Å². The first-order valence-electron chi connectivity index (χ1n) is 6.27. The fourth-order valence-corrected chi connectivity index (χ4v) is 1.99. The number of aryl methyl sites for hydroxylation is 1. The molecule has 100 valence electrons. The summed E-state index contributed by atoms with van der Waals surface area (Å²) >= 11 is 0. The van der Waals surface area contributed by atoms with Crippen molar-refractivity contribution in [3.05, 3.63) is 36.4 Å². The van der Waals surface area contributed by atoms with E-state index < -0.39 is 0 Å². The first-order valence-corrected chi connectivity index (χ1v) is 6.27. The van der Waals surface area contributed by atoms with Crippen LogP contribution in [0.4, 0.5) is 16.2 Å². The Labute approximate surface area is 112 Å². The molecule has 1 aromatic rings. The molecule has 0 radical (unpaired) electrons. The topological polar surface area (TPSA) is 70.2 Å². The molecule has 0 saturated heterocycles. The second-order valence-electron chi connectivity index (χ2n) is 4.40. The molecule has 0 aliphatic carbocycles. The molecular weight excluding hydrogens is 242 g/mol. The average Bonchev–Trinajstić information content (AvgIpc) is 2.57. The molecule has 0 spiro atoms. The van der Waals surface area contributed by atoms with E-state index in [1.165, 1.54) is 0 Å². The SMILES string of the molecule is C=CCNC(=O)Nc1ccc2c(c1)CCCC(=O)N2. The summed E-state index contributed by atoms with van der Waals surface area (Å²) in [4.78, 5) is 22.9. The van der Waals surface area contributed by atoms with E-state index in [1.54, 1.807) is 12.1 Å². The fourth-order valence-electron chi connectivity index (χ4n) is 1.99. The summed E-state index contributed by atoms with van der Waals surface area (Å²) in [6.45, 7) is 3.96. The van der Waals surface area contributed by atoms with Gasteiger partial charge in [-0.15, -0.1) is 6.58 Å². The minimum Gasteiger partial charge on any atom is -0.334 e. The molecule has 1 heterocycles. The first kappa shape index (κ1) is 13.1.